The maximum absolute atomic E-state index is 11.6. The Balaban J connectivity index is 1.87. The van der Waals surface area contributed by atoms with E-state index in [1.807, 2.05) is 6.92 Å². The highest BCUT2D eigenvalue weighted by molar-refractivity contribution is 5.78. The molecule has 0 saturated heterocycles. The summed E-state index contributed by atoms with van der Waals surface area (Å²) in [6.07, 6.45) is 6.43. The topological polar surface area (TPSA) is 37.3 Å². The van der Waals surface area contributed by atoms with Crippen LogP contribution in [0.4, 0.5) is 0 Å². The van der Waals surface area contributed by atoms with Crippen LogP contribution in [-0.4, -0.2) is 11.1 Å². The largest absolute Gasteiger partial charge is 0.481 e. The van der Waals surface area contributed by atoms with Gasteiger partial charge in [-0.3, -0.25) is 4.79 Å². The van der Waals surface area contributed by atoms with Crippen molar-refractivity contribution in [2.24, 2.45) is 34.5 Å². The van der Waals surface area contributed by atoms with Gasteiger partial charge in [0.25, 0.3) is 0 Å². The summed E-state index contributed by atoms with van der Waals surface area (Å²) in [7, 11) is 0. The van der Waals surface area contributed by atoms with E-state index in [0.717, 1.165) is 17.8 Å². The van der Waals surface area contributed by atoms with Crippen molar-refractivity contribution in [1.29, 1.82) is 0 Å². The van der Waals surface area contributed by atoms with E-state index in [1.54, 1.807) is 0 Å². The lowest BCUT2D eigenvalue weighted by Gasteiger charge is -2.70. The van der Waals surface area contributed by atoms with Crippen LogP contribution in [-0.2, 0) is 4.79 Å². The number of carboxylic acid groups (broad SMARTS) is 1. The Kier molecular flexibility index (Phi) is 1.21. The Labute approximate surface area is 90.1 Å². The average Bonchev–Trinajstić information content (AvgIpc) is 2.34. The predicted molar refractivity (Wildman–Crippen MR) is 55.2 cm³/mol. The molecule has 5 saturated carbocycles. The minimum Gasteiger partial charge on any atom is -0.481 e. The zero-order chi connectivity index (χ0) is 10.4. The smallest absolute Gasteiger partial charge is 0.310 e. The van der Waals surface area contributed by atoms with E-state index >= 15 is 0 Å². The first-order chi connectivity index (χ1) is 7.08. The Morgan fingerprint density at radius 3 is 2.33 bits per heavy atom. The number of carboxylic acids is 1. The van der Waals surface area contributed by atoms with Gasteiger partial charge in [0, 0.05) is 0 Å². The lowest BCUT2D eigenvalue weighted by atomic mass is 9.33. The number of fused-ring (bicyclic) bond motifs is 1. The molecule has 0 aliphatic heterocycles. The second kappa shape index (κ2) is 2.11. The molecule has 0 heterocycles. The molecule has 0 aromatic rings. The number of aliphatic carboxylic acids is 1. The molecule has 5 aliphatic rings. The molecule has 1 N–H and O–H groups in total. The molecule has 0 radical (unpaired) electrons. The van der Waals surface area contributed by atoms with Crippen LogP contribution in [0.15, 0.2) is 0 Å². The first-order valence-electron chi connectivity index (χ1n) is 6.31. The van der Waals surface area contributed by atoms with Crippen molar-refractivity contribution < 1.29 is 9.90 Å². The van der Waals surface area contributed by atoms with Gasteiger partial charge >= 0.3 is 5.97 Å². The first-order valence-corrected chi connectivity index (χ1v) is 6.31. The van der Waals surface area contributed by atoms with E-state index in [2.05, 4.69) is 0 Å². The van der Waals surface area contributed by atoms with Gasteiger partial charge in [0.15, 0.2) is 0 Å². The third kappa shape index (κ3) is 0.644. The van der Waals surface area contributed by atoms with Gasteiger partial charge in [0.05, 0.1) is 5.41 Å². The summed E-state index contributed by atoms with van der Waals surface area (Å²) in [6, 6.07) is 0. The van der Waals surface area contributed by atoms with Gasteiger partial charge in [-0.1, -0.05) is 0 Å². The van der Waals surface area contributed by atoms with Gasteiger partial charge in [-0.15, -0.1) is 0 Å². The molecule has 2 nitrogen and oxygen atoms in total. The Hall–Kier alpha value is -0.530. The molecule has 0 aromatic heterocycles. The Morgan fingerprint density at radius 2 is 1.73 bits per heavy atom. The molecule has 15 heavy (non-hydrogen) atoms. The van der Waals surface area contributed by atoms with Crippen molar-refractivity contribution in [2.45, 2.75) is 39.0 Å². The van der Waals surface area contributed by atoms with Crippen molar-refractivity contribution in [3.8, 4) is 0 Å². The van der Waals surface area contributed by atoms with E-state index in [9.17, 15) is 9.90 Å². The molecule has 5 fully saturated rings. The van der Waals surface area contributed by atoms with Gasteiger partial charge in [0.1, 0.15) is 0 Å². The van der Waals surface area contributed by atoms with Crippen LogP contribution >= 0.6 is 0 Å². The number of rotatable bonds is 1. The van der Waals surface area contributed by atoms with Crippen molar-refractivity contribution >= 4 is 5.97 Å². The fourth-order valence-corrected chi connectivity index (χ4v) is 6.16. The van der Waals surface area contributed by atoms with Gasteiger partial charge in [-0.25, -0.2) is 0 Å². The predicted octanol–water partition coefficient (Wildman–Crippen LogP) is 2.53. The lowest BCUT2D eigenvalue weighted by molar-refractivity contribution is -0.244. The highest BCUT2D eigenvalue weighted by atomic mass is 16.4. The fourth-order valence-electron chi connectivity index (χ4n) is 6.16. The van der Waals surface area contributed by atoms with E-state index in [1.165, 1.54) is 32.1 Å². The molecule has 5 rings (SSSR count). The molecule has 2 heteroatoms. The van der Waals surface area contributed by atoms with Gasteiger partial charge in [-0.2, -0.15) is 0 Å². The summed E-state index contributed by atoms with van der Waals surface area (Å²) in [5, 5.41) is 9.54. The van der Waals surface area contributed by atoms with E-state index in [4.69, 9.17) is 0 Å². The summed E-state index contributed by atoms with van der Waals surface area (Å²) >= 11 is 0. The number of hydrogen-bond donors (Lipinski definition) is 1. The summed E-state index contributed by atoms with van der Waals surface area (Å²) in [4.78, 5) is 11.6. The maximum atomic E-state index is 11.6. The molecule has 0 amide bonds. The van der Waals surface area contributed by atoms with Crippen LogP contribution in [0.1, 0.15) is 39.0 Å². The Bertz CT molecular complexity index is 364. The van der Waals surface area contributed by atoms with Crippen molar-refractivity contribution in [3.05, 3.63) is 0 Å². The number of carbonyl (C=O) groups is 1. The summed E-state index contributed by atoms with van der Waals surface area (Å²) < 4.78 is 0. The quantitative estimate of drug-likeness (QED) is 0.715. The van der Waals surface area contributed by atoms with Gasteiger partial charge in [0.2, 0.25) is 0 Å². The molecular weight excluding hydrogens is 188 g/mol. The molecule has 6 atom stereocenters. The minimum absolute atomic E-state index is 0.231. The number of hydrogen-bond acceptors (Lipinski definition) is 1. The van der Waals surface area contributed by atoms with Crippen molar-refractivity contribution in [1.82, 2.24) is 0 Å². The third-order valence-electron chi connectivity index (χ3n) is 6.56. The highest BCUT2D eigenvalue weighted by Gasteiger charge is 2.79. The Morgan fingerprint density at radius 1 is 1.13 bits per heavy atom. The normalized spacial score (nSPS) is 64.1. The van der Waals surface area contributed by atoms with Gasteiger partial charge in [-0.05, 0) is 68.1 Å². The lowest BCUT2D eigenvalue weighted by Crippen LogP contribution is -2.69. The van der Waals surface area contributed by atoms with Crippen LogP contribution < -0.4 is 0 Å². The molecule has 5 aliphatic carbocycles. The zero-order valence-electron chi connectivity index (χ0n) is 9.20. The third-order valence-corrected chi connectivity index (χ3v) is 6.56. The maximum Gasteiger partial charge on any atom is 0.310 e. The standard InChI is InChI=1S/C13H18O2/c1-12(11(14)15)9-3-7-2-8-4-10(9)13(12,5-7)6-8/h7-10H,2-6H2,1H3,(H,14,15). The van der Waals surface area contributed by atoms with E-state index in [0.29, 0.717) is 5.92 Å². The van der Waals surface area contributed by atoms with Crippen molar-refractivity contribution in [3.63, 3.8) is 0 Å². The fraction of sp³-hybridized carbons (Fsp3) is 0.923. The van der Waals surface area contributed by atoms with Crippen LogP contribution in [0.3, 0.4) is 0 Å². The minimum atomic E-state index is -0.509. The summed E-state index contributed by atoms with van der Waals surface area (Å²) in [6.45, 7) is 2.04. The molecule has 6 unspecified atom stereocenters. The van der Waals surface area contributed by atoms with Crippen LogP contribution in [0.5, 0.6) is 0 Å². The molecule has 82 valence electrons. The average molecular weight is 206 g/mol. The van der Waals surface area contributed by atoms with Crippen LogP contribution in [0.2, 0.25) is 0 Å². The monoisotopic (exact) mass is 206 g/mol. The van der Waals surface area contributed by atoms with Crippen LogP contribution in [0, 0.1) is 34.5 Å². The molecule has 1 spiro atoms. The van der Waals surface area contributed by atoms with E-state index in [-0.39, 0.29) is 10.8 Å². The van der Waals surface area contributed by atoms with Gasteiger partial charge < -0.3 is 5.11 Å². The van der Waals surface area contributed by atoms with E-state index < -0.39 is 5.97 Å². The first kappa shape index (κ1) is 8.60. The van der Waals surface area contributed by atoms with Crippen LogP contribution in [0.25, 0.3) is 0 Å². The zero-order valence-corrected chi connectivity index (χ0v) is 9.20. The second-order valence-corrected chi connectivity index (χ2v) is 6.72. The summed E-state index contributed by atoms with van der Waals surface area (Å²) in [5.41, 5.74) is -0.126. The molecule has 4 bridgehead atoms. The second-order valence-electron chi connectivity index (χ2n) is 6.72. The molecule has 0 aromatic carbocycles. The van der Waals surface area contributed by atoms with Crippen molar-refractivity contribution in [2.75, 3.05) is 0 Å². The molecular formula is C13H18O2. The highest BCUT2D eigenvalue weighted by Crippen LogP contribution is 2.82. The SMILES string of the molecule is CC1(C(=O)O)C2CC3CC4CC2C1(C4)C3. The summed E-state index contributed by atoms with van der Waals surface area (Å²) in [5.74, 6) is 2.54.